The smallest absolute Gasteiger partial charge is 0.187 e. The molecular weight excluding hydrogens is 1330 g/mol. The van der Waals surface area contributed by atoms with E-state index in [0.29, 0.717) is 11.5 Å². The maximum atomic E-state index is 13.2. The molecule has 6 fully saturated rings. The highest BCUT2D eigenvalue weighted by Crippen LogP contribution is 2.46. The summed E-state index contributed by atoms with van der Waals surface area (Å²) in [5.41, 5.74) is -3.44. The fourth-order valence-corrected chi connectivity index (χ4v) is 18.4. The van der Waals surface area contributed by atoms with Crippen LogP contribution in [0.25, 0.3) is 0 Å². The second-order valence-corrected chi connectivity index (χ2v) is 27.3. The number of thioether (sulfide) groups is 2. The molecule has 0 radical (unpaired) electrons. The SMILES string of the molecule is COCC1O[C@H](O[C@@H]2C(COC)O[C@H](CO)[C@H](OC)C2OC)[C@H](OC)C(OC)[C@@H]1N[C@H]1C(SCCOCCSC2[C@@H](N[C@H]3C(C)O[C@@H](O[C@H]4C(COC)O[C@@H](OC)[C@@H](OC)C4OC)[C@@H](OC)C3OC)[C@@H](OC)C(OC)[C@@H](CO)C2(O)COC)C(O)(COC)[C@@H](OC)C(OC)[C@H]1OC. The molecule has 14 unspecified atom stereocenters. The van der Waals surface area contributed by atoms with E-state index in [1.165, 1.54) is 109 Å². The number of nitrogens with one attached hydrogen (secondary N) is 2. The van der Waals surface area contributed by atoms with Crippen LogP contribution in [-0.2, 0) is 123 Å². The quantitative estimate of drug-likeness (QED) is 0.0352. The monoisotopic (exact) mass is 1450 g/mol. The van der Waals surface area contributed by atoms with Crippen LogP contribution in [0.2, 0.25) is 0 Å². The largest absolute Gasteiger partial charge is 0.396 e. The lowest BCUT2D eigenvalue weighted by atomic mass is 9.69. The predicted molar refractivity (Wildman–Crippen MR) is 349 cm³/mol. The molecule has 6 aliphatic rings. The van der Waals surface area contributed by atoms with Gasteiger partial charge in [-0.2, -0.15) is 23.5 Å². The minimum Gasteiger partial charge on any atom is -0.396 e. The van der Waals surface area contributed by atoms with Crippen molar-refractivity contribution in [3.63, 3.8) is 0 Å². The zero-order valence-electron chi connectivity index (χ0n) is 60.3. The molecule has 6 N–H and O–H groups in total. The summed E-state index contributed by atoms with van der Waals surface area (Å²) in [6, 6.07) is -2.84. The zero-order valence-corrected chi connectivity index (χ0v) is 62.0. The van der Waals surface area contributed by atoms with Crippen LogP contribution in [0.1, 0.15) is 6.92 Å². The molecule has 0 amide bonds. The topological polar surface area (TPSA) is 345 Å². The minimum absolute atomic E-state index is 0.0462. The van der Waals surface area contributed by atoms with E-state index < -0.39 is 199 Å². The first-order valence-electron chi connectivity index (χ1n) is 32.7. The molecule has 0 spiro atoms. The Labute approximate surface area is 581 Å². The lowest BCUT2D eigenvalue weighted by Crippen LogP contribution is -2.78. The number of aliphatic hydroxyl groups excluding tert-OH is 2. The fraction of sp³-hybridized carbons (Fsp3) is 1.00. The Kier molecular flexibility index (Phi) is 36.9. The number of aliphatic hydroxyl groups is 4. The zero-order chi connectivity index (χ0) is 71.3. The van der Waals surface area contributed by atoms with Gasteiger partial charge in [0.25, 0.3) is 0 Å². The third kappa shape index (κ3) is 18.8. The van der Waals surface area contributed by atoms with Crippen molar-refractivity contribution in [3.05, 3.63) is 0 Å². The molecule has 34 heteroatoms. The van der Waals surface area contributed by atoms with Gasteiger partial charge in [0.15, 0.2) is 18.9 Å². The van der Waals surface area contributed by atoms with Gasteiger partial charge in [0.2, 0.25) is 0 Å². The van der Waals surface area contributed by atoms with Crippen molar-refractivity contribution >= 4 is 23.5 Å². The molecule has 572 valence electrons. The number of hydrogen-bond acceptors (Lipinski definition) is 34. The highest BCUT2D eigenvalue weighted by Gasteiger charge is 2.64. The van der Waals surface area contributed by atoms with Gasteiger partial charge in [-0.15, -0.1) is 0 Å². The van der Waals surface area contributed by atoms with Gasteiger partial charge in [0, 0.05) is 153 Å². The van der Waals surface area contributed by atoms with E-state index >= 15 is 0 Å². The van der Waals surface area contributed by atoms with Gasteiger partial charge in [0.05, 0.1) is 106 Å². The predicted octanol–water partition coefficient (Wildman–Crippen LogP) is -2.24. The van der Waals surface area contributed by atoms with Crippen molar-refractivity contribution < 1.29 is 144 Å². The summed E-state index contributed by atoms with van der Waals surface area (Å²) < 4.78 is 160. The summed E-state index contributed by atoms with van der Waals surface area (Å²) in [6.45, 7) is 1.41. The number of methoxy groups -OCH3 is 19. The minimum atomic E-state index is -1.72. The van der Waals surface area contributed by atoms with Crippen LogP contribution in [0.4, 0.5) is 0 Å². The molecule has 2 aliphatic carbocycles. The Hall–Kier alpha value is -0.580. The van der Waals surface area contributed by atoms with E-state index in [9.17, 15) is 20.4 Å². The molecule has 6 rings (SSSR count). The molecule has 2 saturated carbocycles. The van der Waals surface area contributed by atoms with Gasteiger partial charge < -0.3 is 154 Å². The Morgan fingerprint density at radius 2 is 0.753 bits per heavy atom. The molecule has 4 heterocycles. The van der Waals surface area contributed by atoms with E-state index in [0.717, 1.165) is 0 Å². The highest BCUT2D eigenvalue weighted by molar-refractivity contribution is 8.00. The summed E-state index contributed by atoms with van der Waals surface area (Å²) in [5.74, 6) is -0.185. The van der Waals surface area contributed by atoms with E-state index in [1.54, 1.807) is 49.8 Å². The molecular formula is C63H118N2O30S2. The average molecular weight is 1450 g/mol. The van der Waals surface area contributed by atoms with E-state index in [2.05, 4.69) is 10.6 Å². The third-order valence-electron chi connectivity index (χ3n) is 19.9. The van der Waals surface area contributed by atoms with E-state index in [-0.39, 0.29) is 52.9 Å². The number of rotatable bonds is 42. The number of ether oxygens (including phenoxy) is 26. The van der Waals surface area contributed by atoms with Crippen molar-refractivity contribution in [2.75, 3.05) is 206 Å². The maximum absolute atomic E-state index is 13.2. The van der Waals surface area contributed by atoms with Crippen molar-refractivity contribution in [1.29, 1.82) is 0 Å². The van der Waals surface area contributed by atoms with Crippen LogP contribution in [0.5, 0.6) is 0 Å². The summed E-state index contributed by atoms with van der Waals surface area (Å²) in [5, 5.41) is 53.8. The van der Waals surface area contributed by atoms with Crippen molar-refractivity contribution in [1.82, 2.24) is 10.6 Å². The molecule has 0 aromatic heterocycles. The molecule has 0 aromatic rings. The summed E-state index contributed by atoms with van der Waals surface area (Å²) >= 11 is 2.84. The summed E-state index contributed by atoms with van der Waals surface area (Å²) in [4.78, 5) is 0. The Morgan fingerprint density at radius 1 is 0.351 bits per heavy atom. The van der Waals surface area contributed by atoms with Gasteiger partial charge in [-0.1, -0.05) is 0 Å². The second-order valence-electron chi connectivity index (χ2n) is 24.8. The van der Waals surface area contributed by atoms with Crippen LogP contribution in [0, 0.1) is 5.92 Å². The second kappa shape index (κ2) is 41.9. The third-order valence-corrected chi connectivity index (χ3v) is 22.8. The van der Waals surface area contributed by atoms with Crippen molar-refractivity contribution in [2.24, 2.45) is 5.92 Å². The highest BCUT2D eigenvalue weighted by atomic mass is 32.2. The standard InChI is InChI=1S/C63H118N2O30S2/c1-32-38(46(77-9)53(84-16)60(90-32)94-45-37(29-72-4)93-59(88-20)55(86-18)51(45)82-14)64-40-48(79-11)42(75-7)33(25-66)62(68,30-73-5)57(40)96-23-21-89-22-24-97-58-41(49(80-12)52(83-15)56(87-19)63(58,69)31-74-6)65-39-35(27-70-2)92-61(54(85-17)47(39)78-10)95-44-36(28-71-3)91-34(26-67)43(76-8)50(44)81-13/h32-61,64-69H,21-31H2,1-20H3/t32?,33-,34-,35?,36?,37?,38+,39-,40+,41-,42?,43+,44-,45+,46?,47?,48-,49+,50?,51?,52?,53+,54-,55+,56+,57?,58?,59-,60+,61-,62?,63?/m1/s1. The Balaban J connectivity index is 1.24. The van der Waals surface area contributed by atoms with Crippen LogP contribution in [0.15, 0.2) is 0 Å². The van der Waals surface area contributed by atoms with Crippen LogP contribution >= 0.6 is 23.5 Å². The molecule has 0 bridgehead atoms. The van der Waals surface area contributed by atoms with Gasteiger partial charge in [-0.25, -0.2) is 0 Å². The maximum Gasteiger partial charge on any atom is 0.187 e. The van der Waals surface area contributed by atoms with Crippen LogP contribution < -0.4 is 10.6 Å². The van der Waals surface area contributed by atoms with Gasteiger partial charge in [-0.3, -0.25) is 0 Å². The van der Waals surface area contributed by atoms with E-state index in [1.807, 2.05) is 6.92 Å². The van der Waals surface area contributed by atoms with E-state index in [4.69, 9.17) is 123 Å². The fourth-order valence-electron chi connectivity index (χ4n) is 15.6. The van der Waals surface area contributed by atoms with Crippen molar-refractivity contribution in [3.8, 4) is 0 Å². The Morgan fingerprint density at radius 3 is 1.21 bits per heavy atom. The normalized spacial score (nSPS) is 43.7. The summed E-state index contributed by atoms with van der Waals surface area (Å²) in [7, 11) is 29.2. The molecule has 4 saturated heterocycles. The first-order valence-corrected chi connectivity index (χ1v) is 34.8. The molecule has 97 heavy (non-hydrogen) atoms. The summed E-state index contributed by atoms with van der Waals surface area (Å²) in [6.07, 6.45) is -18.3. The van der Waals surface area contributed by atoms with Gasteiger partial charge in [-0.05, 0) is 6.92 Å². The lowest BCUT2D eigenvalue weighted by molar-refractivity contribution is -0.355. The molecule has 4 aliphatic heterocycles. The van der Waals surface area contributed by atoms with Crippen LogP contribution in [-0.4, -0.2) is 413 Å². The molecule has 32 nitrogen and oxygen atoms in total. The number of hydrogen-bond donors (Lipinski definition) is 6. The first-order chi connectivity index (χ1) is 46.9. The van der Waals surface area contributed by atoms with Crippen molar-refractivity contribution in [2.45, 2.75) is 194 Å². The first kappa shape index (κ1) is 85.3. The molecule has 32 atom stereocenters. The van der Waals surface area contributed by atoms with Gasteiger partial charge in [0.1, 0.15) is 121 Å². The Bertz CT molecular complexity index is 2160. The van der Waals surface area contributed by atoms with Gasteiger partial charge >= 0.3 is 0 Å². The lowest BCUT2D eigenvalue weighted by Gasteiger charge is -2.56. The average Bonchev–Trinajstić information content (AvgIpc) is 0.745. The molecule has 0 aromatic carbocycles. The van der Waals surface area contributed by atoms with Crippen LogP contribution in [0.3, 0.4) is 0 Å².